The van der Waals surface area contributed by atoms with Gasteiger partial charge in [0.05, 0.1) is 6.33 Å². The number of nitrogen functional groups attached to an aromatic ring is 1. The maximum atomic E-state index is 12.3. The zero-order valence-electron chi connectivity index (χ0n) is 22.3. The van der Waals surface area contributed by atoms with E-state index in [0.717, 1.165) is 12.2 Å². The average Bonchev–Trinajstić information content (AvgIpc) is 3.43. The van der Waals surface area contributed by atoms with Gasteiger partial charge in [-0.3, -0.25) is 4.57 Å². The van der Waals surface area contributed by atoms with Crippen LogP contribution in [0.1, 0.15) is 45.9 Å². The predicted molar refractivity (Wildman–Crippen MR) is 145 cm³/mol. The lowest BCUT2D eigenvalue weighted by Gasteiger charge is -2.25. The molecule has 2 amide bonds. The molecule has 206 valence electrons. The minimum Gasteiger partial charge on any atom is -0.387 e. The van der Waals surface area contributed by atoms with Crippen LogP contribution in [-0.4, -0.2) is 85.2 Å². The van der Waals surface area contributed by atoms with Gasteiger partial charge in [0.1, 0.15) is 30.2 Å². The highest BCUT2D eigenvalue weighted by Gasteiger charge is 2.44. The van der Waals surface area contributed by atoms with Gasteiger partial charge < -0.3 is 36.2 Å². The number of urea groups is 1. The van der Waals surface area contributed by atoms with Crippen molar-refractivity contribution in [1.82, 2.24) is 29.7 Å². The highest BCUT2D eigenvalue weighted by atomic mass is 16.6. The van der Waals surface area contributed by atoms with E-state index in [1.807, 2.05) is 31.2 Å². The summed E-state index contributed by atoms with van der Waals surface area (Å²) >= 11 is 0. The van der Waals surface area contributed by atoms with Gasteiger partial charge in [0.2, 0.25) is 0 Å². The van der Waals surface area contributed by atoms with Crippen LogP contribution < -0.4 is 16.4 Å². The summed E-state index contributed by atoms with van der Waals surface area (Å²) in [5.74, 6) is 0.233. The van der Waals surface area contributed by atoms with Gasteiger partial charge in [-0.1, -0.05) is 39.8 Å². The van der Waals surface area contributed by atoms with Crippen molar-refractivity contribution in [2.45, 2.75) is 64.1 Å². The number of carbonyl (C=O) groups is 1. The second kappa shape index (κ2) is 11.6. The van der Waals surface area contributed by atoms with Gasteiger partial charge in [-0.25, -0.2) is 19.7 Å². The molecule has 0 spiro atoms. The highest BCUT2D eigenvalue weighted by Crippen LogP contribution is 2.32. The fourth-order valence-corrected chi connectivity index (χ4v) is 4.53. The average molecular weight is 527 g/mol. The van der Waals surface area contributed by atoms with Gasteiger partial charge in [-0.2, -0.15) is 0 Å². The van der Waals surface area contributed by atoms with Crippen molar-refractivity contribution in [3.8, 4) is 0 Å². The molecule has 2 unspecified atom stereocenters. The molecule has 0 radical (unpaired) electrons. The first-order chi connectivity index (χ1) is 18.1. The van der Waals surface area contributed by atoms with Gasteiger partial charge in [-0.05, 0) is 42.6 Å². The molecular formula is C26H38N8O4. The lowest BCUT2D eigenvalue weighted by Crippen LogP contribution is -2.41. The number of carbonyl (C=O) groups excluding carboxylic acids is 1. The molecule has 1 aromatic carbocycles. The Labute approximate surface area is 222 Å². The Morgan fingerprint density at radius 1 is 1.16 bits per heavy atom. The summed E-state index contributed by atoms with van der Waals surface area (Å²) in [6.45, 7) is 10.8. The molecule has 2 aromatic heterocycles. The third kappa shape index (κ3) is 6.21. The van der Waals surface area contributed by atoms with Crippen LogP contribution in [-0.2, 0) is 10.2 Å². The zero-order chi connectivity index (χ0) is 27.4. The van der Waals surface area contributed by atoms with Crippen molar-refractivity contribution in [2.75, 3.05) is 37.2 Å². The van der Waals surface area contributed by atoms with E-state index >= 15 is 0 Å². The molecule has 1 aliphatic rings. The molecule has 6 N–H and O–H groups in total. The third-order valence-corrected chi connectivity index (χ3v) is 6.83. The molecule has 0 saturated carbocycles. The number of nitrogens with one attached hydrogen (secondary N) is 2. The van der Waals surface area contributed by atoms with Crippen LogP contribution in [0.5, 0.6) is 0 Å². The van der Waals surface area contributed by atoms with E-state index in [-0.39, 0.29) is 17.3 Å². The van der Waals surface area contributed by atoms with Crippen molar-refractivity contribution < 1.29 is 19.7 Å². The number of aromatic nitrogens is 4. The SMILES string of the molecule is CCN(CCCNC(=O)Nc1ccc(C(C)(C)C)cc1)C[C@H]1O[C@@H](n2cnc3c(N)ncnc32)C(O)C1O. The molecule has 0 aliphatic carbocycles. The number of fused-ring (bicyclic) bond motifs is 1. The fourth-order valence-electron chi connectivity index (χ4n) is 4.53. The normalized spacial score (nSPS) is 21.8. The molecule has 0 bridgehead atoms. The number of nitrogens with two attached hydrogens (primary N) is 1. The van der Waals surface area contributed by atoms with Gasteiger partial charge in [-0.15, -0.1) is 0 Å². The monoisotopic (exact) mass is 526 g/mol. The van der Waals surface area contributed by atoms with E-state index < -0.39 is 24.5 Å². The Bertz CT molecular complexity index is 1230. The first-order valence-corrected chi connectivity index (χ1v) is 12.9. The molecule has 4 atom stereocenters. The van der Waals surface area contributed by atoms with Crippen molar-refractivity contribution in [3.63, 3.8) is 0 Å². The maximum Gasteiger partial charge on any atom is 0.319 e. The molecule has 3 aromatic rings. The molecule has 4 rings (SSSR count). The van der Waals surface area contributed by atoms with Gasteiger partial charge in [0, 0.05) is 18.8 Å². The van der Waals surface area contributed by atoms with Crippen LogP contribution in [0.3, 0.4) is 0 Å². The Morgan fingerprint density at radius 2 is 1.89 bits per heavy atom. The van der Waals surface area contributed by atoms with E-state index in [4.69, 9.17) is 10.5 Å². The molecule has 1 fully saturated rings. The number of rotatable bonds is 9. The van der Waals surface area contributed by atoms with E-state index in [9.17, 15) is 15.0 Å². The van der Waals surface area contributed by atoms with Crippen molar-refractivity contribution in [3.05, 3.63) is 42.5 Å². The first-order valence-electron chi connectivity index (χ1n) is 12.9. The van der Waals surface area contributed by atoms with Crippen molar-refractivity contribution in [1.29, 1.82) is 0 Å². The third-order valence-electron chi connectivity index (χ3n) is 6.83. The van der Waals surface area contributed by atoms with Crippen LogP contribution in [0.25, 0.3) is 11.2 Å². The number of nitrogens with zero attached hydrogens (tertiary/aromatic N) is 5. The molecule has 12 heteroatoms. The van der Waals surface area contributed by atoms with Gasteiger partial charge in [0.15, 0.2) is 17.7 Å². The summed E-state index contributed by atoms with van der Waals surface area (Å²) in [4.78, 5) is 26.7. The maximum absolute atomic E-state index is 12.3. The van der Waals surface area contributed by atoms with Crippen LogP contribution in [0.2, 0.25) is 0 Å². The van der Waals surface area contributed by atoms with Crippen LogP contribution >= 0.6 is 0 Å². The summed E-state index contributed by atoms with van der Waals surface area (Å²) < 4.78 is 7.62. The zero-order valence-corrected chi connectivity index (χ0v) is 22.3. The van der Waals surface area contributed by atoms with Crippen LogP contribution in [0.15, 0.2) is 36.9 Å². The highest BCUT2D eigenvalue weighted by molar-refractivity contribution is 5.89. The number of hydrogen-bond donors (Lipinski definition) is 5. The summed E-state index contributed by atoms with van der Waals surface area (Å²) in [6, 6.07) is 7.60. The fraction of sp³-hybridized carbons (Fsp3) is 0.538. The second-order valence-electron chi connectivity index (χ2n) is 10.6. The Morgan fingerprint density at radius 3 is 2.58 bits per heavy atom. The van der Waals surface area contributed by atoms with Crippen LogP contribution in [0, 0.1) is 0 Å². The Hall–Kier alpha value is -3.32. The number of ether oxygens (including phenoxy) is 1. The standard InChI is InChI=1S/C26H38N8O4/c1-5-33(12-6-11-28-25(37)32-17-9-7-16(8-10-17)26(2,3)4)13-18-20(35)21(36)24(38-18)34-15-31-19-22(27)29-14-30-23(19)34/h7-10,14-15,18,20-21,24,35-36H,5-6,11-13H2,1-4H3,(H2,27,29,30)(H2,28,32,37)/t18-,20?,21?,24-/m1/s1. The molecule has 3 heterocycles. The minimum atomic E-state index is -1.16. The number of hydrogen-bond acceptors (Lipinski definition) is 9. The number of anilines is 2. The summed E-state index contributed by atoms with van der Waals surface area (Å²) in [5, 5.41) is 27.1. The van der Waals surface area contributed by atoms with Gasteiger partial charge in [0.25, 0.3) is 0 Å². The van der Waals surface area contributed by atoms with E-state index in [0.29, 0.717) is 37.2 Å². The quantitative estimate of drug-likeness (QED) is 0.262. The topological polar surface area (TPSA) is 164 Å². The number of aliphatic hydroxyl groups is 2. The van der Waals surface area contributed by atoms with Gasteiger partial charge >= 0.3 is 6.03 Å². The lowest BCUT2D eigenvalue weighted by molar-refractivity contribution is -0.0438. The van der Waals surface area contributed by atoms with E-state index in [1.54, 1.807) is 4.57 Å². The van der Waals surface area contributed by atoms with Crippen molar-refractivity contribution >= 4 is 28.7 Å². The smallest absolute Gasteiger partial charge is 0.319 e. The Balaban J connectivity index is 1.24. The number of imidazole rings is 1. The molecule has 1 aliphatic heterocycles. The molecule has 12 nitrogen and oxygen atoms in total. The summed E-state index contributed by atoms with van der Waals surface area (Å²) in [6.07, 6.45) is -0.196. The second-order valence-corrected chi connectivity index (χ2v) is 10.6. The number of aliphatic hydroxyl groups excluding tert-OH is 2. The molecule has 1 saturated heterocycles. The van der Waals surface area contributed by atoms with E-state index in [1.165, 1.54) is 18.2 Å². The summed E-state index contributed by atoms with van der Waals surface area (Å²) in [7, 11) is 0. The van der Waals surface area contributed by atoms with Crippen molar-refractivity contribution in [2.24, 2.45) is 0 Å². The molecular weight excluding hydrogens is 488 g/mol. The van der Waals surface area contributed by atoms with E-state index in [2.05, 4.69) is 51.3 Å². The lowest BCUT2D eigenvalue weighted by atomic mass is 9.87. The largest absolute Gasteiger partial charge is 0.387 e. The first kappa shape index (κ1) is 27.7. The predicted octanol–water partition coefficient (Wildman–Crippen LogP) is 1.86. The minimum absolute atomic E-state index is 0.0574. The molecule has 38 heavy (non-hydrogen) atoms. The Kier molecular flexibility index (Phi) is 8.46. The van der Waals surface area contributed by atoms with Crippen LogP contribution in [0.4, 0.5) is 16.3 Å². The number of amides is 2. The number of benzene rings is 1. The summed E-state index contributed by atoms with van der Waals surface area (Å²) in [5.41, 5.74) is 8.70. The number of likely N-dealkylation sites (N-methyl/N-ethyl adjacent to an activating group) is 1.